The molecule has 1 aromatic rings. The summed E-state index contributed by atoms with van der Waals surface area (Å²) in [5.41, 5.74) is 0.575. The van der Waals surface area contributed by atoms with E-state index in [4.69, 9.17) is 0 Å². The summed E-state index contributed by atoms with van der Waals surface area (Å²) in [6, 6.07) is 6.50. The van der Waals surface area contributed by atoms with Crippen molar-refractivity contribution < 1.29 is 4.92 Å². The molecule has 14 heavy (non-hydrogen) atoms. The van der Waals surface area contributed by atoms with Crippen molar-refractivity contribution in [2.45, 2.75) is 6.92 Å². The number of nitrogens with zero attached hydrogens (tertiary/aromatic N) is 1. The predicted octanol–water partition coefficient (Wildman–Crippen LogP) is 2.03. The Kier molecular flexibility index (Phi) is 3.50. The van der Waals surface area contributed by atoms with Crippen molar-refractivity contribution in [3.8, 4) is 11.8 Å². The number of nitro benzene ring substituents is 1. The third-order valence-corrected chi connectivity index (χ3v) is 1.64. The molecule has 0 saturated carbocycles. The molecule has 1 rings (SSSR count). The Bertz CT molecular complexity index is 391. The van der Waals surface area contributed by atoms with E-state index in [0.717, 1.165) is 0 Å². The maximum atomic E-state index is 10.6. The minimum atomic E-state index is -0.415. The van der Waals surface area contributed by atoms with Gasteiger partial charge < -0.3 is 5.32 Å². The van der Waals surface area contributed by atoms with E-state index in [1.807, 2.05) is 0 Å². The zero-order valence-electron chi connectivity index (χ0n) is 7.78. The van der Waals surface area contributed by atoms with E-state index < -0.39 is 4.92 Å². The number of nitrogens with one attached hydrogen (secondary N) is 1. The van der Waals surface area contributed by atoms with Gasteiger partial charge in [0.25, 0.3) is 5.69 Å². The maximum absolute atomic E-state index is 10.6. The van der Waals surface area contributed by atoms with E-state index >= 15 is 0 Å². The SMILES string of the molecule is CC#CCNc1ccccc1[N+](=O)[O-]. The lowest BCUT2D eigenvalue weighted by Crippen LogP contribution is -2.01. The van der Waals surface area contributed by atoms with Crippen molar-refractivity contribution in [2.75, 3.05) is 11.9 Å². The van der Waals surface area contributed by atoms with Gasteiger partial charge in [-0.3, -0.25) is 10.1 Å². The van der Waals surface area contributed by atoms with Crippen LogP contribution in [0.15, 0.2) is 24.3 Å². The van der Waals surface area contributed by atoms with Crippen LogP contribution in [0.5, 0.6) is 0 Å². The molecule has 0 aromatic heterocycles. The molecule has 1 N–H and O–H groups in total. The topological polar surface area (TPSA) is 55.2 Å². The van der Waals surface area contributed by atoms with Gasteiger partial charge in [0.1, 0.15) is 5.69 Å². The van der Waals surface area contributed by atoms with Crippen LogP contribution in [0, 0.1) is 22.0 Å². The van der Waals surface area contributed by atoms with Crippen LogP contribution in [-0.4, -0.2) is 11.5 Å². The predicted molar refractivity (Wildman–Crippen MR) is 55.0 cm³/mol. The molecule has 0 saturated heterocycles. The van der Waals surface area contributed by atoms with Gasteiger partial charge in [-0.15, -0.1) is 5.92 Å². The van der Waals surface area contributed by atoms with Gasteiger partial charge in [0, 0.05) is 6.07 Å². The molecule has 0 aliphatic carbocycles. The van der Waals surface area contributed by atoms with Crippen molar-refractivity contribution in [1.29, 1.82) is 0 Å². The second-order valence-electron chi connectivity index (χ2n) is 2.55. The molecule has 0 atom stereocenters. The Labute approximate surface area is 82.1 Å². The first kappa shape index (κ1) is 10.1. The number of hydrogen-bond acceptors (Lipinski definition) is 3. The minimum Gasteiger partial charge on any atom is -0.369 e. The Morgan fingerprint density at radius 3 is 2.86 bits per heavy atom. The van der Waals surface area contributed by atoms with Crippen LogP contribution in [0.4, 0.5) is 11.4 Å². The van der Waals surface area contributed by atoms with Crippen molar-refractivity contribution in [2.24, 2.45) is 0 Å². The molecule has 0 amide bonds. The maximum Gasteiger partial charge on any atom is 0.292 e. The molecule has 0 fully saturated rings. The lowest BCUT2D eigenvalue weighted by Gasteiger charge is -2.02. The highest BCUT2D eigenvalue weighted by molar-refractivity contribution is 5.61. The van der Waals surface area contributed by atoms with Crippen LogP contribution < -0.4 is 5.32 Å². The molecule has 1 aromatic carbocycles. The van der Waals surface area contributed by atoms with Crippen LogP contribution in [-0.2, 0) is 0 Å². The molecule has 0 radical (unpaired) electrons. The molecule has 0 unspecified atom stereocenters. The first-order valence-corrected chi connectivity index (χ1v) is 4.12. The molecule has 0 aliphatic heterocycles. The summed E-state index contributed by atoms with van der Waals surface area (Å²) in [4.78, 5) is 10.2. The van der Waals surface area contributed by atoms with Crippen LogP contribution in [0.1, 0.15) is 6.92 Å². The van der Waals surface area contributed by atoms with E-state index in [0.29, 0.717) is 12.2 Å². The lowest BCUT2D eigenvalue weighted by atomic mass is 10.2. The molecule has 0 spiro atoms. The fourth-order valence-electron chi connectivity index (χ4n) is 1.01. The first-order valence-electron chi connectivity index (χ1n) is 4.12. The summed E-state index contributed by atoms with van der Waals surface area (Å²) >= 11 is 0. The zero-order valence-corrected chi connectivity index (χ0v) is 7.78. The summed E-state index contributed by atoms with van der Waals surface area (Å²) in [5, 5.41) is 13.5. The van der Waals surface area contributed by atoms with Gasteiger partial charge in [-0.1, -0.05) is 18.1 Å². The highest BCUT2D eigenvalue weighted by Gasteiger charge is 2.10. The minimum absolute atomic E-state index is 0.0744. The number of nitro groups is 1. The van der Waals surface area contributed by atoms with Gasteiger partial charge in [0.15, 0.2) is 0 Å². The molecule has 0 heterocycles. The quantitative estimate of drug-likeness (QED) is 0.450. The van der Waals surface area contributed by atoms with Gasteiger partial charge >= 0.3 is 0 Å². The number of para-hydroxylation sites is 2. The first-order chi connectivity index (χ1) is 6.75. The van der Waals surface area contributed by atoms with Crippen LogP contribution in [0.2, 0.25) is 0 Å². The van der Waals surface area contributed by atoms with Gasteiger partial charge in [-0.25, -0.2) is 0 Å². The van der Waals surface area contributed by atoms with E-state index in [1.54, 1.807) is 25.1 Å². The molecule has 4 nitrogen and oxygen atoms in total. The van der Waals surface area contributed by atoms with Crippen LogP contribution in [0.25, 0.3) is 0 Å². The molecule has 72 valence electrons. The van der Waals surface area contributed by atoms with Crippen LogP contribution in [0.3, 0.4) is 0 Å². The average Bonchev–Trinajstić information content (AvgIpc) is 2.19. The number of anilines is 1. The van der Waals surface area contributed by atoms with Crippen molar-refractivity contribution in [1.82, 2.24) is 0 Å². The number of rotatable bonds is 3. The van der Waals surface area contributed by atoms with Gasteiger partial charge in [-0.05, 0) is 13.0 Å². The van der Waals surface area contributed by atoms with Crippen molar-refractivity contribution in [3.63, 3.8) is 0 Å². The van der Waals surface area contributed by atoms with Gasteiger partial charge in [-0.2, -0.15) is 0 Å². The largest absolute Gasteiger partial charge is 0.369 e. The summed E-state index contributed by atoms with van der Waals surface area (Å²) in [6.45, 7) is 2.14. The summed E-state index contributed by atoms with van der Waals surface area (Å²) in [7, 11) is 0. The number of benzene rings is 1. The normalized spacial score (nSPS) is 8.64. The average molecular weight is 190 g/mol. The second kappa shape index (κ2) is 4.87. The zero-order chi connectivity index (χ0) is 10.4. The third-order valence-electron chi connectivity index (χ3n) is 1.64. The standard InChI is InChI=1S/C10H10N2O2/c1-2-3-8-11-9-6-4-5-7-10(9)12(13)14/h4-7,11H,8H2,1H3. The van der Waals surface area contributed by atoms with Gasteiger partial charge in [0.2, 0.25) is 0 Å². The Balaban J connectivity index is 2.83. The van der Waals surface area contributed by atoms with E-state index in [-0.39, 0.29) is 5.69 Å². The highest BCUT2D eigenvalue weighted by atomic mass is 16.6. The molecular formula is C10H10N2O2. The second-order valence-corrected chi connectivity index (χ2v) is 2.55. The molecule has 0 aliphatic rings. The molecule has 0 bridgehead atoms. The van der Waals surface area contributed by atoms with Crippen LogP contribution >= 0.6 is 0 Å². The molecule has 4 heteroatoms. The smallest absolute Gasteiger partial charge is 0.292 e. The Hall–Kier alpha value is -2.02. The summed E-state index contributed by atoms with van der Waals surface area (Å²) < 4.78 is 0. The molecular weight excluding hydrogens is 180 g/mol. The van der Waals surface area contributed by atoms with E-state index in [9.17, 15) is 10.1 Å². The number of hydrogen-bond donors (Lipinski definition) is 1. The van der Waals surface area contributed by atoms with Gasteiger partial charge in [0.05, 0.1) is 11.5 Å². The van der Waals surface area contributed by atoms with Crippen molar-refractivity contribution >= 4 is 11.4 Å². The highest BCUT2D eigenvalue weighted by Crippen LogP contribution is 2.22. The Morgan fingerprint density at radius 2 is 2.21 bits per heavy atom. The fraction of sp³-hybridized carbons (Fsp3) is 0.200. The lowest BCUT2D eigenvalue weighted by molar-refractivity contribution is -0.383. The van der Waals surface area contributed by atoms with E-state index in [2.05, 4.69) is 17.2 Å². The summed E-state index contributed by atoms with van der Waals surface area (Å²) in [6.07, 6.45) is 0. The Morgan fingerprint density at radius 1 is 1.50 bits per heavy atom. The summed E-state index contributed by atoms with van der Waals surface area (Å²) in [5.74, 6) is 5.48. The third kappa shape index (κ3) is 2.49. The monoisotopic (exact) mass is 190 g/mol. The van der Waals surface area contributed by atoms with E-state index in [1.165, 1.54) is 6.07 Å². The fourth-order valence-corrected chi connectivity index (χ4v) is 1.01. The van der Waals surface area contributed by atoms with Crippen molar-refractivity contribution in [3.05, 3.63) is 34.4 Å².